The van der Waals surface area contributed by atoms with Crippen LogP contribution in [0.15, 0.2) is 104 Å². The fraction of sp³-hybridized carbons (Fsp3) is 0.494. The van der Waals surface area contributed by atoms with Gasteiger partial charge >= 0.3 is 0 Å². The van der Waals surface area contributed by atoms with Gasteiger partial charge in [0.1, 0.15) is 72.5 Å². The standard InChI is InChI=1S/C83H115N21O17/c1-42(2)26-59(74(112)90-39-70(109)104-25-17-24-67(104)82(120)101-65(32-52-38-86-41-91-52)75(113)92-45(7)40-105)97-77(115)60(27-43(3)4)98-80(118)64(31-51-37-89-58-23-16-13-20-55(51)58)99-79(117)63(30-50-36-88-57-22-15-12-19-54(50)57)96-73(111)47(9)93-72(110)46(8)94-76(114)66(33-68(85)107)100-78(116)61(28-44(5)6)102-83(121)71(48(10)106)103-81(119)62(95-69(108)34-84)29-49-35-87-56-21-14-11-18-53(49)56/h11-16,18-23,35-38,41-48,59-67,71,87-89,105-106H,17,24-34,39-40,84H2,1-10H3,(H2,85,107)(H,86,91)(H,90,112)(H,92,113)(H,93,110)(H,94,114)(H,95,108)(H,96,111)(H,97,115)(H,98,118)(H,99,117)(H,100,116)(H,101,120)(H,102,121)(H,103,119). The molecule has 1 aliphatic rings. The molecule has 0 aliphatic carbocycles. The van der Waals surface area contributed by atoms with Crippen LogP contribution in [-0.2, 0) is 97.6 Å². The molecule has 4 aromatic heterocycles. The van der Waals surface area contributed by atoms with Crippen LogP contribution in [0.25, 0.3) is 32.7 Å². The zero-order valence-corrected chi connectivity index (χ0v) is 69.6. The number of fused-ring (bicyclic) bond motifs is 3. The summed E-state index contributed by atoms with van der Waals surface area (Å²) in [4.78, 5) is 229. The maximum atomic E-state index is 15.3. The molecular formula is C83H115N21O17. The molecular weight excluding hydrogens is 1560 g/mol. The summed E-state index contributed by atoms with van der Waals surface area (Å²) in [6, 6.07) is 3.92. The molecule has 0 saturated carbocycles. The number of aromatic nitrogens is 5. The number of nitrogens with two attached hydrogens (primary N) is 2. The highest BCUT2D eigenvalue weighted by Gasteiger charge is 2.40. The Balaban J connectivity index is 0.943. The van der Waals surface area contributed by atoms with Crippen molar-refractivity contribution >= 4 is 121 Å². The van der Waals surface area contributed by atoms with Gasteiger partial charge in [-0.15, -0.1) is 0 Å². The first-order chi connectivity index (χ1) is 57.5. The molecule has 0 spiro atoms. The fourth-order valence-corrected chi connectivity index (χ4v) is 14.3. The van der Waals surface area contributed by atoms with Crippen molar-refractivity contribution in [3.63, 3.8) is 0 Å². The van der Waals surface area contributed by atoms with E-state index in [1.165, 1.54) is 32.0 Å². The minimum absolute atomic E-state index is 0.00267. The van der Waals surface area contributed by atoms with E-state index in [1.807, 2.05) is 39.8 Å². The molecule has 23 N–H and O–H groups in total. The maximum absolute atomic E-state index is 15.3. The summed E-state index contributed by atoms with van der Waals surface area (Å²) in [5.41, 5.74) is 15.5. The molecule has 14 unspecified atom stereocenters. The summed E-state index contributed by atoms with van der Waals surface area (Å²) in [6.07, 6.45) is 5.77. The number of imidazole rings is 1. The summed E-state index contributed by atoms with van der Waals surface area (Å²) in [7, 11) is 0. The summed E-state index contributed by atoms with van der Waals surface area (Å²) in [5.74, 6) is -13.6. The molecule has 8 rings (SSSR count). The van der Waals surface area contributed by atoms with Crippen molar-refractivity contribution in [3.05, 3.63) is 126 Å². The zero-order valence-electron chi connectivity index (χ0n) is 69.6. The Morgan fingerprint density at radius 2 is 0.860 bits per heavy atom. The second-order valence-electron chi connectivity index (χ2n) is 32.0. The van der Waals surface area contributed by atoms with Crippen LogP contribution in [0.4, 0.5) is 0 Å². The van der Waals surface area contributed by atoms with Crippen molar-refractivity contribution in [3.8, 4) is 0 Å². The first-order valence-electron chi connectivity index (χ1n) is 40.6. The van der Waals surface area contributed by atoms with E-state index in [0.29, 0.717) is 50.6 Å². The van der Waals surface area contributed by atoms with Crippen molar-refractivity contribution < 1.29 is 82.1 Å². The summed E-state index contributed by atoms with van der Waals surface area (Å²) >= 11 is 0. The van der Waals surface area contributed by atoms with Gasteiger partial charge in [0, 0.05) is 95.8 Å². The van der Waals surface area contributed by atoms with Crippen molar-refractivity contribution in [1.29, 1.82) is 0 Å². The van der Waals surface area contributed by atoms with Crippen LogP contribution in [0.3, 0.4) is 0 Å². The Hall–Kier alpha value is -12.6. The zero-order chi connectivity index (χ0) is 88.5. The number of nitrogens with zero attached hydrogens (tertiary/aromatic N) is 2. The van der Waals surface area contributed by atoms with Crippen molar-refractivity contribution in [2.75, 3.05) is 26.2 Å². The Morgan fingerprint density at radius 1 is 0.463 bits per heavy atom. The minimum atomic E-state index is -1.78. The van der Waals surface area contributed by atoms with Crippen molar-refractivity contribution in [2.24, 2.45) is 29.2 Å². The predicted molar refractivity (Wildman–Crippen MR) is 446 cm³/mol. The largest absolute Gasteiger partial charge is 0.394 e. The van der Waals surface area contributed by atoms with Gasteiger partial charge in [-0.25, -0.2) is 4.98 Å². The molecule has 14 atom stereocenters. The highest BCUT2D eigenvalue weighted by atomic mass is 16.3. The van der Waals surface area contributed by atoms with Gasteiger partial charge < -0.3 is 116 Å². The molecule has 654 valence electrons. The number of para-hydroxylation sites is 3. The van der Waals surface area contributed by atoms with Gasteiger partial charge in [-0.2, -0.15) is 0 Å². The highest BCUT2D eigenvalue weighted by Crippen LogP contribution is 2.25. The van der Waals surface area contributed by atoms with Crippen molar-refractivity contribution in [1.82, 2.24) is 98.9 Å². The third kappa shape index (κ3) is 27.2. The number of carbonyl (C=O) groups excluding carboxylic acids is 15. The van der Waals surface area contributed by atoms with E-state index in [2.05, 4.69) is 94.0 Å². The van der Waals surface area contributed by atoms with Crippen LogP contribution in [0.5, 0.6) is 0 Å². The number of hydrogen-bond acceptors (Lipinski definition) is 19. The van der Waals surface area contributed by atoms with E-state index >= 15 is 9.59 Å². The predicted octanol–water partition coefficient (Wildman–Crippen LogP) is -1.55. The number of nitrogens with one attached hydrogen (secondary N) is 17. The molecule has 7 aromatic rings. The van der Waals surface area contributed by atoms with Gasteiger partial charge in [-0.3, -0.25) is 71.9 Å². The van der Waals surface area contributed by atoms with E-state index in [1.54, 1.807) is 106 Å². The van der Waals surface area contributed by atoms with Gasteiger partial charge in [0.25, 0.3) is 0 Å². The number of likely N-dealkylation sites (tertiary alicyclic amines) is 1. The molecule has 1 aliphatic heterocycles. The van der Waals surface area contributed by atoms with Gasteiger partial charge in [0.2, 0.25) is 88.6 Å². The van der Waals surface area contributed by atoms with E-state index < -0.39 is 193 Å². The van der Waals surface area contributed by atoms with E-state index in [9.17, 15) is 72.5 Å². The molecule has 0 bridgehead atoms. The lowest BCUT2D eigenvalue weighted by Crippen LogP contribution is -2.62. The number of benzene rings is 3. The van der Waals surface area contributed by atoms with Gasteiger partial charge in [-0.05, 0) is 112 Å². The summed E-state index contributed by atoms with van der Waals surface area (Å²) in [6.45, 7) is 14.7. The minimum Gasteiger partial charge on any atom is -0.394 e. The summed E-state index contributed by atoms with van der Waals surface area (Å²) in [5, 5.41) is 56.8. The van der Waals surface area contributed by atoms with Crippen LogP contribution in [0, 0.1) is 17.8 Å². The van der Waals surface area contributed by atoms with Crippen LogP contribution >= 0.6 is 0 Å². The van der Waals surface area contributed by atoms with Crippen molar-refractivity contribution in [2.45, 2.75) is 218 Å². The second kappa shape index (κ2) is 44.5. The number of hydrogen-bond donors (Lipinski definition) is 21. The normalized spacial score (nSPS) is 16.0. The molecule has 0 radical (unpaired) electrons. The molecule has 15 amide bonds. The molecule has 5 heterocycles. The molecule has 38 heteroatoms. The molecule has 3 aromatic carbocycles. The number of aliphatic hydroxyl groups excluding tert-OH is 2. The molecule has 121 heavy (non-hydrogen) atoms. The number of aromatic amines is 4. The first-order valence-corrected chi connectivity index (χ1v) is 40.6. The van der Waals surface area contributed by atoms with Crippen LogP contribution in [0.1, 0.15) is 130 Å². The first kappa shape index (κ1) is 93.9. The number of primary amides is 1. The Morgan fingerprint density at radius 3 is 1.31 bits per heavy atom. The van der Waals surface area contributed by atoms with Crippen LogP contribution in [0.2, 0.25) is 0 Å². The topological polar surface area (TPSA) is 584 Å². The number of aliphatic hydroxyl groups is 2. The third-order valence-corrected chi connectivity index (χ3v) is 20.6. The SMILES string of the molecule is CC(C)CC(NC(=O)C(CC(C)C)NC(=O)C(Cc1c[nH]c2ccccc12)NC(=O)C(Cc1c[nH]c2ccccc12)NC(=O)C(C)NC(=O)C(C)NC(=O)C(CC(N)=O)NC(=O)C(CC(C)C)NC(=O)C(NC(=O)C(Cc1c[nH]c2ccccc12)NC(=O)CN)C(C)O)C(=O)NCC(=O)N1CCCC1C(=O)NC(Cc1c[nH]cn1)C(=O)NC(C)CO. The number of H-pyrrole nitrogens is 4. The average molecular weight is 1680 g/mol. The summed E-state index contributed by atoms with van der Waals surface area (Å²) < 4.78 is 0. The molecule has 38 nitrogen and oxygen atoms in total. The highest BCUT2D eigenvalue weighted by molar-refractivity contribution is 6.02. The van der Waals surface area contributed by atoms with Gasteiger partial charge in [0.15, 0.2) is 0 Å². The quantitative estimate of drug-likeness (QED) is 0.0206. The number of amides is 15. The third-order valence-electron chi connectivity index (χ3n) is 20.6. The lowest BCUT2D eigenvalue weighted by Gasteiger charge is -2.28. The Labute approximate surface area is 699 Å². The average Bonchev–Trinajstić information content (AvgIpc) is 1.72. The Kier molecular flexibility index (Phi) is 34.5. The molecule has 1 fully saturated rings. The van der Waals surface area contributed by atoms with E-state index in [-0.39, 0.29) is 82.3 Å². The Bertz CT molecular complexity index is 4800. The lowest BCUT2D eigenvalue weighted by molar-refractivity contribution is -0.140. The molecule has 1 saturated heterocycles. The lowest BCUT2D eigenvalue weighted by atomic mass is 9.98. The smallest absolute Gasteiger partial charge is 0.245 e. The monoisotopic (exact) mass is 1680 g/mol. The van der Waals surface area contributed by atoms with Crippen LogP contribution < -0.4 is 80.6 Å². The maximum Gasteiger partial charge on any atom is 0.245 e. The van der Waals surface area contributed by atoms with Gasteiger partial charge in [-0.1, -0.05) is 96.1 Å². The number of rotatable bonds is 45. The van der Waals surface area contributed by atoms with Gasteiger partial charge in [0.05, 0.1) is 44.2 Å². The van der Waals surface area contributed by atoms with E-state index in [0.717, 1.165) is 10.9 Å². The van der Waals surface area contributed by atoms with E-state index in [4.69, 9.17) is 11.5 Å². The van der Waals surface area contributed by atoms with Crippen LogP contribution in [-0.4, -0.2) is 240 Å². The number of carbonyl (C=O) groups is 15. The second-order valence-corrected chi connectivity index (χ2v) is 32.0. The fourth-order valence-electron chi connectivity index (χ4n) is 14.3.